The monoisotopic (exact) mass is 779 g/mol. The molecule has 2 saturated heterocycles. The van der Waals surface area contributed by atoms with Crippen molar-refractivity contribution >= 4 is 15.9 Å². The quantitative estimate of drug-likeness (QED) is 0.141. The molecule has 1 amide bonds. The number of fused-ring (bicyclic) bond motifs is 1. The van der Waals surface area contributed by atoms with Gasteiger partial charge in [0.2, 0.25) is 15.9 Å². The number of nitrogens with zero attached hydrogens (tertiary/aromatic N) is 1. The Morgan fingerprint density at radius 1 is 0.804 bits per heavy atom. The van der Waals surface area contributed by atoms with Crippen LogP contribution in [0.25, 0.3) is 11.1 Å². The normalized spacial score (nSPS) is 26.0. The third-order valence-corrected chi connectivity index (χ3v) is 13.2. The summed E-state index contributed by atoms with van der Waals surface area (Å²) in [6, 6.07) is 32.5. The topological polar surface area (TPSA) is 117 Å². The van der Waals surface area contributed by atoms with Gasteiger partial charge in [-0.3, -0.25) is 9.69 Å². The van der Waals surface area contributed by atoms with E-state index in [0.29, 0.717) is 18.5 Å². The maximum absolute atomic E-state index is 13.9. The first-order valence-corrected chi connectivity index (χ1v) is 21.7. The number of hydrogen-bond donors (Lipinski definition) is 3. The molecule has 56 heavy (non-hydrogen) atoms. The minimum atomic E-state index is -3.65. The van der Waals surface area contributed by atoms with Gasteiger partial charge >= 0.3 is 0 Å². The summed E-state index contributed by atoms with van der Waals surface area (Å²) in [6.07, 6.45) is 5.43. The van der Waals surface area contributed by atoms with Crippen LogP contribution in [0.4, 0.5) is 0 Å². The number of sulfonamides is 1. The Morgan fingerprint density at radius 2 is 1.52 bits per heavy atom. The first kappa shape index (κ1) is 40.3. The lowest BCUT2D eigenvalue weighted by Gasteiger charge is -2.51. The lowest BCUT2D eigenvalue weighted by molar-refractivity contribution is -0.278. The van der Waals surface area contributed by atoms with E-state index in [1.165, 1.54) is 19.3 Å². The molecular weight excluding hydrogens is 723 g/mol. The van der Waals surface area contributed by atoms with Crippen molar-refractivity contribution in [1.29, 1.82) is 0 Å². The fraction of sp³-hybridized carbons (Fsp3) is 0.457. The van der Waals surface area contributed by atoms with Gasteiger partial charge in [0.15, 0.2) is 6.29 Å². The third kappa shape index (κ3) is 9.44. The molecule has 0 bridgehead atoms. The van der Waals surface area contributed by atoms with E-state index >= 15 is 0 Å². The number of likely N-dealkylation sites (tertiary alicyclic amines) is 1. The van der Waals surface area contributed by atoms with E-state index in [9.17, 15) is 18.3 Å². The van der Waals surface area contributed by atoms with E-state index in [0.717, 1.165) is 52.6 Å². The van der Waals surface area contributed by atoms with Crippen LogP contribution >= 0.6 is 0 Å². The average molecular weight is 780 g/mol. The molecule has 7 rings (SSSR count). The number of hydrogen-bond acceptors (Lipinski definition) is 7. The maximum atomic E-state index is 13.9. The van der Waals surface area contributed by atoms with Gasteiger partial charge in [0, 0.05) is 36.2 Å². The van der Waals surface area contributed by atoms with Crippen molar-refractivity contribution < 1.29 is 27.8 Å². The van der Waals surface area contributed by atoms with Crippen molar-refractivity contribution in [2.45, 2.75) is 120 Å². The highest BCUT2D eigenvalue weighted by molar-refractivity contribution is 7.89. The summed E-state index contributed by atoms with van der Waals surface area (Å²) in [5.41, 5.74) is 5.16. The number of carbonyl (C=O) groups excluding carboxylic acids is 1. The molecule has 0 radical (unpaired) electrons. The molecule has 2 aliphatic heterocycles. The Labute approximate surface area is 332 Å². The first-order valence-electron chi connectivity index (χ1n) is 20.2. The highest BCUT2D eigenvalue weighted by atomic mass is 32.2. The summed E-state index contributed by atoms with van der Waals surface area (Å²) in [7, 11) is -3.65. The predicted molar refractivity (Wildman–Crippen MR) is 219 cm³/mol. The zero-order valence-corrected chi connectivity index (χ0v) is 33.9. The second-order valence-corrected chi connectivity index (χ2v) is 18.7. The summed E-state index contributed by atoms with van der Waals surface area (Å²) >= 11 is 0. The van der Waals surface area contributed by atoms with Crippen LogP contribution in [-0.4, -0.2) is 54.6 Å². The van der Waals surface area contributed by atoms with E-state index < -0.39 is 16.3 Å². The molecule has 7 atom stereocenters. The molecule has 1 aliphatic carbocycles. The van der Waals surface area contributed by atoms with Crippen LogP contribution in [0.1, 0.15) is 101 Å². The lowest BCUT2D eigenvalue weighted by Crippen LogP contribution is -2.61. The van der Waals surface area contributed by atoms with Crippen LogP contribution in [0, 0.1) is 11.8 Å². The summed E-state index contributed by atoms with van der Waals surface area (Å²) in [4.78, 5) is 16.6. The van der Waals surface area contributed by atoms with E-state index in [-0.39, 0.29) is 53.7 Å². The second-order valence-electron chi connectivity index (χ2n) is 16.9. The Morgan fingerprint density at radius 3 is 2.25 bits per heavy atom. The molecule has 9 nitrogen and oxygen atoms in total. The molecule has 3 fully saturated rings. The Bertz CT molecular complexity index is 2050. The fourth-order valence-corrected chi connectivity index (χ4v) is 9.89. The number of amides is 1. The second kappa shape index (κ2) is 17.3. The zero-order chi connectivity index (χ0) is 39.5. The minimum Gasteiger partial charge on any atom is -0.392 e. The van der Waals surface area contributed by atoms with Crippen molar-refractivity contribution in [1.82, 2.24) is 14.9 Å². The van der Waals surface area contributed by atoms with Crippen LogP contribution in [0.15, 0.2) is 108 Å². The highest BCUT2D eigenvalue weighted by Gasteiger charge is 2.46. The van der Waals surface area contributed by atoms with Crippen molar-refractivity contribution in [3.8, 4) is 11.1 Å². The molecule has 4 aromatic rings. The number of benzene rings is 4. The minimum absolute atomic E-state index is 0.0268. The lowest BCUT2D eigenvalue weighted by atomic mass is 9.75. The summed E-state index contributed by atoms with van der Waals surface area (Å²) in [5.74, 6) is 0.647. The van der Waals surface area contributed by atoms with Crippen LogP contribution in [0.3, 0.4) is 0 Å². The molecule has 2 heterocycles. The molecule has 7 unspecified atom stereocenters. The highest BCUT2D eigenvalue weighted by Crippen LogP contribution is 2.45. The number of rotatable bonds is 11. The molecule has 3 aliphatic rings. The first-order chi connectivity index (χ1) is 26.9. The third-order valence-electron chi connectivity index (χ3n) is 11.8. The molecule has 0 aromatic heterocycles. The molecule has 0 spiro atoms. The van der Waals surface area contributed by atoms with Crippen molar-refractivity contribution in [2.75, 3.05) is 6.54 Å². The average Bonchev–Trinajstić information content (AvgIpc) is 3.21. The van der Waals surface area contributed by atoms with E-state index in [2.05, 4.69) is 27.9 Å². The van der Waals surface area contributed by atoms with Gasteiger partial charge in [0.25, 0.3) is 0 Å². The van der Waals surface area contributed by atoms with Crippen LogP contribution in [0.2, 0.25) is 0 Å². The SMILES string of the molecule is CC1C(CN2C(C(=O)NC(C)(C)C)CCC3CCCCC32)OC(c2cccc(-c3cccc(CNS(=O)(=O)c4ccccc4)c3)c2)OC1c1ccc(CO)cc1. The van der Waals surface area contributed by atoms with Crippen LogP contribution in [0.5, 0.6) is 0 Å². The van der Waals surface area contributed by atoms with Crippen LogP contribution in [-0.2, 0) is 37.4 Å². The van der Waals surface area contributed by atoms with E-state index in [1.807, 2.05) is 87.5 Å². The molecule has 4 aromatic carbocycles. The summed E-state index contributed by atoms with van der Waals surface area (Å²) in [6.45, 7) is 9.06. The number of aliphatic hydroxyl groups is 1. The maximum Gasteiger partial charge on any atom is 0.240 e. The van der Waals surface area contributed by atoms with E-state index in [1.54, 1.807) is 30.3 Å². The van der Waals surface area contributed by atoms with Crippen molar-refractivity contribution in [2.24, 2.45) is 11.8 Å². The van der Waals surface area contributed by atoms with Gasteiger partial charge < -0.3 is 19.9 Å². The van der Waals surface area contributed by atoms with Gasteiger partial charge in [-0.2, -0.15) is 0 Å². The van der Waals surface area contributed by atoms with Crippen LogP contribution < -0.4 is 10.0 Å². The van der Waals surface area contributed by atoms with Gasteiger partial charge in [0.05, 0.1) is 29.8 Å². The summed E-state index contributed by atoms with van der Waals surface area (Å²) in [5, 5.41) is 13.1. The molecule has 3 N–H and O–H groups in total. The molecule has 1 saturated carbocycles. The molecule has 298 valence electrons. The van der Waals surface area contributed by atoms with Crippen molar-refractivity contribution in [3.05, 3.63) is 125 Å². The van der Waals surface area contributed by atoms with Crippen molar-refractivity contribution in [3.63, 3.8) is 0 Å². The molecule has 10 heteroatoms. The predicted octanol–water partition coefficient (Wildman–Crippen LogP) is 8.05. The number of piperidine rings is 1. The number of ether oxygens (including phenoxy) is 2. The summed E-state index contributed by atoms with van der Waals surface area (Å²) < 4.78 is 42.5. The van der Waals surface area contributed by atoms with Gasteiger partial charge in [-0.1, -0.05) is 98.6 Å². The van der Waals surface area contributed by atoms with Gasteiger partial charge in [0.1, 0.15) is 0 Å². The van der Waals surface area contributed by atoms with E-state index in [4.69, 9.17) is 9.47 Å². The fourth-order valence-electron chi connectivity index (χ4n) is 8.85. The van der Waals surface area contributed by atoms with Gasteiger partial charge in [-0.15, -0.1) is 0 Å². The number of aliphatic hydroxyl groups excluding tert-OH is 1. The smallest absolute Gasteiger partial charge is 0.240 e. The zero-order valence-electron chi connectivity index (χ0n) is 33.1. The Balaban J connectivity index is 1.17. The Kier molecular flexibility index (Phi) is 12.5. The van der Waals surface area contributed by atoms with Gasteiger partial charge in [-0.25, -0.2) is 13.1 Å². The van der Waals surface area contributed by atoms with Gasteiger partial charge in [-0.05, 0) is 104 Å². The number of nitrogens with one attached hydrogen (secondary N) is 2. The molecular formula is C46H57N3O6S. The standard InChI is InChI=1S/C46H57N3O6S/c1-31-42(29-49-40-19-9-8-13-34(40)24-25-41(49)44(51)48-46(2,3)4)54-45(55-43(31)35-22-20-32(30-50)21-23-35)38-16-11-15-37(27-38)36-14-10-12-33(26-36)28-47-56(52,53)39-17-6-5-7-18-39/h5-7,10-12,14-18,20-23,26-27,31,34,40-43,45,47,50H,8-9,13,19,24-25,28-30H2,1-4H3,(H,48,51). The Hall–Kier alpha value is -3.90. The largest absolute Gasteiger partial charge is 0.392 e. The number of carbonyl (C=O) groups is 1.